The molecule has 3 heteroatoms. The maximum Gasteiger partial charge on any atom is 0.182 e. The van der Waals surface area contributed by atoms with Gasteiger partial charge in [-0.25, -0.2) is 0 Å². The summed E-state index contributed by atoms with van der Waals surface area (Å²) < 4.78 is 2.40. The number of carbonyl (C=O) groups excluding carboxylic acids is 1. The molecule has 1 fully saturated rings. The molecular formula is C17H26ClNO. The molecule has 1 saturated carbocycles. The van der Waals surface area contributed by atoms with Gasteiger partial charge in [0.1, 0.15) is 0 Å². The number of nitrogens with zero attached hydrogens (tertiary/aromatic N) is 1. The van der Waals surface area contributed by atoms with Gasteiger partial charge >= 0.3 is 0 Å². The fourth-order valence-electron chi connectivity index (χ4n) is 3.76. The van der Waals surface area contributed by atoms with Crippen LogP contribution >= 0.6 is 11.6 Å². The molecule has 1 aromatic heterocycles. The van der Waals surface area contributed by atoms with E-state index in [0.29, 0.717) is 6.04 Å². The first-order valence-corrected chi connectivity index (χ1v) is 8.27. The average molecular weight is 296 g/mol. The number of carbonyl (C=O) groups is 1. The van der Waals surface area contributed by atoms with Gasteiger partial charge in [0.2, 0.25) is 0 Å². The highest BCUT2D eigenvalue weighted by molar-refractivity contribution is 6.33. The van der Waals surface area contributed by atoms with E-state index in [0.717, 1.165) is 17.2 Å². The molecule has 3 unspecified atom stereocenters. The van der Waals surface area contributed by atoms with Crippen molar-refractivity contribution < 1.29 is 4.79 Å². The lowest BCUT2D eigenvalue weighted by molar-refractivity contribution is 0.0990. The van der Waals surface area contributed by atoms with E-state index < -0.39 is 5.38 Å². The number of rotatable bonds is 4. The zero-order valence-corrected chi connectivity index (χ0v) is 13.8. The average Bonchev–Trinajstić information content (AvgIpc) is 2.73. The second kappa shape index (κ2) is 6.34. The predicted molar refractivity (Wildman–Crippen MR) is 84.8 cm³/mol. The minimum Gasteiger partial charge on any atom is -0.345 e. The second-order valence-corrected chi connectivity index (χ2v) is 6.81. The smallest absolute Gasteiger partial charge is 0.182 e. The highest BCUT2D eigenvalue weighted by Gasteiger charge is 2.29. The summed E-state index contributed by atoms with van der Waals surface area (Å²) in [4.78, 5) is 12.2. The normalized spacial score (nSPS) is 24.6. The van der Waals surface area contributed by atoms with Crippen molar-refractivity contribution in [2.24, 2.45) is 5.92 Å². The topological polar surface area (TPSA) is 22.0 Å². The van der Waals surface area contributed by atoms with Crippen molar-refractivity contribution in [1.29, 1.82) is 0 Å². The van der Waals surface area contributed by atoms with Crippen LogP contribution in [0.3, 0.4) is 0 Å². The fourth-order valence-corrected chi connectivity index (χ4v) is 3.87. The third-order valence-electron chi connectivity index (χ3n) is 4.84. The Morgan fingerprint density at radius 3 is 2.65 bits per heavy atom. The van der Waals surface area contributed by atoms with Crippen molar-refractivity contribution in [1.82, 2.24) is 4.57 Å². The van der Waals surface area contributed by atoms with Crippen molar-refractivity contribution in [3.8, 4) is 0 Å². The van der Waals surface area contributed by atoms with Crippen LogP contribution in [-0.2, 0) is 0 Å². The molecule has 112 valence electrons. The molecule has 1 aliphatic carbocycles. The van der Waals surface area contributed by atoms with Crippen LogP contribution < -0.4 is 0 Å². The number of aryl methyl sites for hydroxylation is 1. The van der Waals surface area contributed by atoms with Crippen LogP contribution in [0.2, 0.25) is 0 Å². The monoisotopic (exact) mass is 295 g/mol. The Hall–Kier alpha value is -0.760. The van der Waals surface area contributed by atoms with Gasteiger partial charge in [-0.05, 0) is 45.6 Å². The Labute approximate surface area is 127 Å². The molecule has 20 heavy (non-hydrogen) atoms. The third kappa shape index (κ3) is 2.81. The van der Waals surface area contributed by atoms with Crippen LogP contribution in [0.5, 0.6) is 0 Å². The van der Waals surface area contributed by atoms with Crippen molar-refractivity contribution in [2.45, 2.75) is 71.2 Å². The van der Waals surface area contributed by atoms with Crippen molar-refractivity contribution in [3.63, 3.8) is 0 Å². The standard InChI is InChI=1S/C17H26ClNO/c1-5-14-8-6-7-9-16(14)19-11(2)10-15(13(19)4)17(20)12(3)18/h10,12,14,16H,5-9H2,1-4H3. The van der Waals surface area contributed by atoms with E-state index in [-0.39, 0.29) is 5.78 Å². The van der Waals surface area contributed by atoms with Gasteiger partial charge in [-0.2, -0.15) is 0 Å². The molecule has 1 heterocycles. The van der Waals surface area contributed by atoms with E-state index in [1.165, 1.54) is 37.8 Å². The van der Waals surface area contributed by atoms with Gasteiger partial charge in [-0.15, -0.1) is 11.6 Å². The molecule has 1 aromatic rings. The highest BCUT2D eigenvalue weighted by Crippen LogP contribution is 2.38. The molecule has 0 N–H and O–H groups in total. The molecule has 0 aliphatic heterocycles. The summed E-state index contributed by atoms with van der Waals surface area (Å²) >= 11 is 5.98. The molecular weight excluding hydrogens is 270 g/mol. The van der Waals surface area contributed by atoms with Gasteiger partial charge in [0.15, 0.2) is 5.78 Å². The maximum absolute atomic E-state index is 12.2. The zero-order valence-electron chi connectivity index (χ0n) is 13.1. The quantitative estimate of drug-likeness (QED) is 0.562. The van der Waals surface area contributed by atoms with Crippen LogP contribution in [0.4, 0.5) is 0 Å². The summed E-state index contributed by atoms with van der Waals surface area (Å²) in [5, 5.41) is -0.447. The number of hydrogen-bond acceptors (Lipinski definition) is 1. The Kier molecular flexibility index (Phi) is 4.95. The van der Waals surface area contributed by atoms with Crippen LogP contribution in [0, 0.1) is 19.8 Å². The number of halogens is 1. The Morgan fingerprint density at radius 1 is 1.40 bits per heavy atom. The number of aromatic nitrogens is 1. The molecule has 3 atom stereocenters. The molecule has 0 aromatic carbocycles. The minimum absolute atomic E-state index is 0.0508. The molecule has 0 bridgehead atoms. The summed E-state index contributed by atoms with van der Waals surface area (Å²) in [7, 11) is 0. The summed E-state index contributed by atoms with van der Waals surface area (Å²) in [5.74, 6) is 0.791. The van der Waals surface area contributed by atoms with E-state index in [4.69, 9.17) is 11.6 Å². The molecule has 0 spiro atoms. The molecule has 1 aliphatic rings. The number of hydrogen-bond donors (Lipinski definition) is 0. The highest BCUT2D eigenvalue weighted by atomic mass is 35.5. The first-order chi connectivity index (χ1) is 9.47. The summed E-state index contributed by atoms with van der Waals surface area (Å²) in [5.41, 5.74) is 3.12. The lowest BCUT2D eigenvalue weighted by Gasteiger charge is -2.34. The van der Waals surface area contributed by atoms with E-state index in [9.17, 15) is 4.79 Å². The van der Waals surface area contributed by atoms with Crippen molar-refractivity contribution >= 4 is 17.4 Å². The molecule has 0 saturated heterocycles. The third-order valence-corrected chi connectivity index (χ3v) is 5.03. The van der Waals surface area contributed by atoms with Crippen LogP contribution in [0.25, 0.3) is 0 Å². The molecule has 2 nitrogen and oxygen atoms in total. The number of ketones is 1. The van der Waals surface area contributed by atoms with Gasteiger partial charge in [0.05, 0.1) is 5.38 Å². The fraction of sp³-hybridized carbons (Fsp3) is 0.706. The van der Waals surface area contributed by atoms with E-state index in [1.807, 2.05) is 6.07 Å². The molecule has 0 amide bonds. The van der Waals surface area contributed by atoms with Crippen LogP contribution in [0.1, 0.15) is 73.7 Å². The SMILES string of the molecule is CCC1CCCCC1n1c(C)cc(C(=O)C(C)Cl)c1C. The second-order valence-electron chi connectivity index (χ2n) is 6.16. The number of alkyl halides is 1. The zero-order chi connectivity index (χ0) is 14.9. The van der Waals surface area contributed by atoms with Crippen molar-refractivity contribution in [3.05, 3.63) is 23.0 Å². The Bertz CT molecular complexity index is 489. The summed E-state index contributed by atoms with van der Waals surface area (Å²) in [6.45, 7) is 8.22. The molecule has 2 rings (SSSR count). The predicted octanol–water partition coefficient (Wildman–Crippen LogP) is 5.06. The van der Waals surface area contributed by atoms with Gasteiger partial charge in [-0.1, -0.05) is 26.2 Å². The first-order valence-electron chi connectivity index (χ1n) is 7.84. The van der Waals surface area contributed by atoms with Gasteiger partial charge in [0.25, 0.3) is 0 Å². The lowest BCUT2D eigenvalue weighted by Crippen LogP contribution is -2.24. The Morgan fingerprint density at radius 2 is 2.05 bits per heavy atom. The van der Waals surface area contributed by atoms with Crippen molar-refractivity contribution in [2.75, 3.05) is 0 Å². The maximum atomic E-state index is 12.2. The van der Waals surface area contributed by atoms with Crippen LogP contribution in [-0.4, -0.2) is 15.7 Å². The molecule has 0 radical (unpaired) electrons. The largest absolute Gasteiger partial charge is 0.345 e. The van der Waals surface area contributed by atoms with Gasteiger partial charge in [0, 0.05) is 23.0 Å². The van der Waals surface area contributed by atoms with Crippen LogP contribution in [0.15, 0.2) is 6.07 Å². The summed E-state index contributed by atoms with van der Waals surface area (Å²) in [6.07, 6.45) is 6.41. The lowest BCUT2D eigenvalue weighted by atomic mass is 9.82. The van der Waals surface area contributed by atoms with E-state index in [1.54, 1.807) is 6.92 Å². The van der Waals surface area contributed by atoms with E-state index in [2.05, 4.69) is 25.3 Å². The van der Waals surface area contributed by atoms with E-state index >= 15 is 0 Å². The van der Waals surface area contributed by atoms with Gasteiger partial charge in [-0.3, -0.25) is 4.79 Å². The number of Topliss-reactive ketones (excluding diaryl/α,β-unsaturated/α-hetero) is 1. The Balaban J connectivity index is 2.39. The first kappa shape index (κ1) is 15.6. The summed E-state index contributed by atoms with van der Waals surface area (Å²) in [6, 6.07) is 2.58. The van der Waals surface area contributed by atoms with Gasteiger partial charge < -0.3 is 4.57 Å². The minimum atomic E-state index is -0.447.